The Labute approximate surface area is 166 Å². The van der Waals surface area contributed by atoms with Crippen molar-refractivity contribution in [3.05, 3.63) is 72.3 Å². The van der Waals surface area contributed by atoms with Gasteiger partial charge in [0.15, 0.2) is 5.69 Å². The van der Waals surface area contributed by atoms with Gasteiger partial charge in [0, 0.05) is 0 Å². The molecule has 0 saturated heterocycles. The number of benzene rings is 2. The van der Waals surface area contributed by atoms with Crippen molar-refractivity contribution in [3.63, 3.8) is 0 Å². The first-order chi connectivity index (χ1) is 13.7. The fraction of sp³-hybridized carbons (Fsp3) is 0.200. The van der Waals surface area contributed by atoms with Crippen molar-refractivity contribution in [1.82, 2.24) is 30.3 Å². The lowest BCUT2D eigenvalue weighted by Gasteiger charge is -2.15. The van der Waals surface area contributed by atoms with E-state index in [-0.39, 0.29) is 17.6 Å². The molecule has 0 aliphatic rings. The van der Waals surface area contributed by atoms with Crippen molar-refractivity contribution in [2.75, 3.05) is 12.0 Å². The summed E-state index contributed by atoms with van der Waals surface area (Å²) in [5.74, 6) is 1.38. The van der Waals surface area contributed by atoms with E-state index in [2.05, 4.69) is 25.5 Å². The average molecular weight is 392 g/mol. The molecular weight excluding hydrogens is 372 g/mol. The Morgan fingerprint density at radius 3 is 2.75 bits per heavy atom. The van der Waals surface area contributed by atoms with Gasteiger partial charge >= 0.3 is 0 Å². The van der Waals surface area contributed by atoms with Gasteiger partial charge in [0.05, 0.1) is 29.0 Å². The Kier molecular flexibility index (Phi) is 5.38. The van der Waals surface area contributed by atoms with E-state index < -0.39 is 0 Å². The summed E-state index contributed by atoms with van der Waals surface area (Å²) in [4.78, 5) is 22.2. The number of hydrogen-bond donors (Lipinski definition) is 2. The summed E-state index contributed by atoms with van der Waals surface area (Å²) in [5.41, 5.74) is 2.92. The molecule has 0 unspecified atom stereocenters. The normalized spacial score (nSPS) is 12.2. The third-order valence-electron chi connectivity index (χ3n) is 4.37. The maximum Gasteiger partial charge on any atom is 0.274 e. The number of nitrogens with zero attached hydrogens (tertiary/aromatic N) is 4. The minimum atomic E-state index is -0.270. The lowest BCUT2D eigenvalue weighted by Crippen LogP contribution is -2.30. The van der Waals surface area contributed by atoms with Crippen molar-refractivity contribution in [2.24, 2.45) is 0 Å². The fourth-order valence-electron chi connectivity index (χ4n) is 2.94. The van der Waals surface area contributed by atoms with Crippen LogP contribution in [-0.2, 0) is 0 Å². The van der Waals surface area contributed by atoms with E-state index in [0.717, 1.165) is 34.7 Å². The zero-order valence-electron chi connectivity index (χ0n) is 15.4. The first kappa shape index (κ1) is 18.2. The van der Waals surface area contributed by atoms with Crippen molar-refractivity contribution >= 4 is 28.7 Å². The third-order valence-corrected chi connectivity index (χ3v) is 5.01. The van der Waals surface area contributed by atoms with Crippen LogP contribution in [0.2, 0.25) is 0 Å². The Morgan fingerprint density at radius 2 is 1.96 bits per heavy atom. The zero-order chi connectivity index (χ0) is 19.3. The van der Waals surface area contributed by atoms with Crippen LogP contribution >= 0.6 is 11.8 Å². The number of aromatic amines is 1. The predicted molar refractivity (Wildman–Crippen MR) is 111 cm³/mol. The van der Waals surface area contributed by atoms with Crippen LogP contribution in [0.3, 0.4) is 0 Å². The molecule has 8 heteroatoms. The molecule has 4 aromatic rings. The second-order valence-corrected chi connectivity index (χ2v) is 7.29. The van der Waals surface area contributed by atoms with E-state index in [4.69, 9.17) is 0 Å². The number of H-pyrrole nitrogens is 1. The van der Waals surface area contributed by atoms with Gasteiger partial charge in [-0.15, -0.1) is 5.10 Å². The number of imidazole rings is 1. The molecule has 0 spiro atoms. The first-order valence-electron chi connectivity index (χ1n) is 8.97. The van der Waals surface area contributed by atoms with E-state index in [1.165, 1.54) is 11.0 Å². The monoisotopic (exact) mass is 392 g/mol. The van der Waals surface area contributed by atoms with E-state index in [0.29, 0.717) is 0 Å². The van der Waals surface area contributed by atoms with Gasteiger partial charge in [-0.05, 0) is 42.7 Å². The molecule has 2 heterocycles. The van der Waals surface area contributed by atoms with Crippen LogP contribution in [0.4, 0.5) is 0 Å². The molecule has 2 aromatic carbocycles. The molecular formula is C20H20N6OS. The fourth-order valence-corrected chi connectivity index (χ4v) is 3.41. The number of carbonyl (C=O) groups excluding carboxylic acids is 1. The summed E-state index contributed by atoms with van der Waals surface area (Å²) >= 11 is 1.73. The summed E-state index contributed by atoms with van der Waals surface area (Å²) in [7, 11) is 0. The molecule has 7 nitrogen and oxygen atoms in total. The van der Waals surface area contributed by atoms with Crippen molar-refractivity contribution in [3.8, 4) is 5.69 Å². The number of hydrogen-bond acceptors (Lipinski definition) is 5. The Balaban J connectivity index is 1.55. The van der Waals surface area contributed by atoms with Gasteiger partial charge in [-0.3, -0.25) is 4.79 Å². The number of para-hydroxylation sites is 3. The smallest absolute Gasteiger partial charge is 0.274 e. The molecule has 0 bridgehead atoms. The molecule has 1 amide bonds. The van der Waals surface area contributed by atoms with Crippen LogP contribution < -0.4 is 5.32 Å². The second kappa shape index (κ2) is 8.26. The molecule has 1 atom stereocenters. The van der Waals surface area contributed by atoms with Crippen LogP contribution in [-0.4, -0.2) is 42.9 Å². The number of amides is 1. The van der Waals surface area contributed by atoms with Crippen LogP contribution in [0.5, 0.6) is 0 Å². The summed E-state index contributed by atoms with van der Waals surface area (Å²) in [5, 5.41) is 11.6. The molecule has 0 aliphatic carbocycles. The molecule has 4 rings (SSSR count). The molecule has 2 N–H and O–H groups in total. The minimum absolute atomic E-state index is 0.228. The first-order valence-corrected chi connectivity index (χ1v) is 10.4. The van der Waals surface area contributed by atoms with E-state index in [1.807, 2.05) is 60.9 Å². The number of aromatic nitrogens is 5. The Hall–Kier alpha value is -3.13. The van der Waals surface area contributed by atoms with E-state index in [1.54, 1.807) is 11.8 Å². The van der Waals surface area contributed by atoms with Crippen molar-refractivity contribution < 1.29 is 4.79 Å². The van der Waals surface area contributed by atoms with Gasteiger partial charge < -0.3 is 10.3 Å². The predicted octanol–water partition coefficient (Wildman–Crippen LogP) is 3.37. The molecule has 0 saturated carbocycles. The van der Waals surface area contributed by atoms with E-state index in [9.17, 15) is 4.79 Å². The summed E-state index contributed by atoms with van der Waals surface area (Å²) < 4.78 is 0. The van der Waals surface area contributed by atoms with Crippen molar-refractivity contribution in [2.45, 2.75) is 12.5 Å². The molecule has 142 valence electrons. The summed E-state index contributed by atoms with van der Waals surface area (Å²) in [6.07, 6.45) is 4.29. The van der Waals surface area contributed by atoms with Gasteiger partial charge in [0.25, 0.3) is 5.91 Å². The second-order valence-electron chi connectivity index (χ2n) is 6.30. The molecule has 0 aliphatic heterocycles. The Bertz CT molecular complexity index is 1040. The number of carbonyl (C=O) groups is 1. The Morgan fingerprint density at radius 1 is 1.18 bits per heavy atom. The van der Waals surface area contributed by atoms with Gasteiger partial charge in [-0.1, -0.05) is 30.3 Å². The van der Waals surface area contributed by atoms with Gasteiger partial charge in [-0.25, -0.2) is 4.98 Å². The molecule has 0 radical (unpaired) electrons. The SMILES string of the molecule is CSCC[C@@H](NC(=O)c1cnn(-c2ccccc2)n1)c1nc2ccccc2[nH]1. The highest BCUT2D eigenvalue weighted by Gasteiger charge is 2.21. The molecule has 28 heavy (non-hydrogen) atoms. The quantitative estimate of drug-likeness (QED) is 0.503. The van der Waals surface area contributed by atoms with Gasteiger partial charge in [0.2, 0.25) is 0 Å². The highest BCUT2D eigenvalue weighted by atomic mass is 32.2. The number of thioether (sulfide) groups is 1. The van der Waals surface area contributed by atoms with Crippen molar-refractivity contribution in [1.29, 1.82) is 0 Å². The summed E-state index contributed by atoms with van der Waals surface area (Å²) in [6, 6.07) is 17.1. The standard InChI is InChI=1S/C20H20N6OS/c1-28-12-11-17(19-22-15-9-5-6-10-16(15)23-19)24-20(27)18-13-21-26(25-18)14-7-3-2-4-8-14/h2-10,13,17H,11-12H2,1H3,(H,22,23)(H,24,27)/t17-/m1/s1. The summed E-state index contributed by atoms with van der Waals surface area (Å²) in [6.45, 7) is 0. The maximum atomic E-state index is 12.8. The minimum Gasteiger partial charge on any atom is -0.341 e. The molecule has 2 aromatic heterocycles. The molecule has 0 fully saturated rings. The van der Waals surface area contributed by atoms with Crippen LogP contribution in [0, 0.1) is 0 Å². The number of nitrogens with one attached hydrogen (secondary N) is 2. The zero-order valence-corrected chi connectivity index (χ0v) is 16.2. The van der Waals surface area contributed by atoms with Gasteiger partial charge in [-0.2, -0.15) is 21.7 Å². The third kappa shape index (κ3) is 3.91. The van der Waals surface area contributed by atoms with Crippen LogP contribution in [0.25, 0.3) is 16.7 Å². The lowest BCUT2D eigenvalue weighted by atomic mass is 10.2. The number of rotatable bonds is 7. The topological polar surface area (TPSA) is 88.5 Å². The average Bonchev–Trinajstić information content (AvgIpc) is 3.39. The largest absolute Gasteiger partial charge is 0.341 e. The lowest BCUT2D eigenvalue weighted by molar-refractivity contribution is 0.0928. The highest BCUT2D eigenvalue weighted by molar-refractivity contribution is 7.98. The number of fused-ring (bicyclic) bond motifs is 1. The van der Waals surface area contributed by atoms with Gasteiger partial charge in [0.1, 0.15) is 5.82 Å². The van der Waals surface area contributed by atoms with Crippen LogP contribution in [0.1, 0.15) is 28.8 Å². The van der Waals surface area contributed by atoms with Crippen LogP contribution in [0.15, 0.2) is 60.8 Å². The maximum absolute atomic E-state index is 12.8. The van der Waals surface area contributed by atoms with E-state index >= 15 is 0 Å². The highest BCUT2D eigenvalue weighted by Crippen LogP contribution is 2.20.